The van der Waals surface area contributed by atoms with Crippen molar-refractivity contribution in [3.63, 3.8) is 0 Å². The molecule has 1 aromatic heterocycles. The normalized spacial score (nSPS) is 17.4. The van der Waals surface area contributed by atoms with Crippen molar-refractivity contribution in [1.29, 1.82) is 0 Å². The molecule has 0 radical (unpaired) electrons. The fourth-order valence-corrected chi connectivity index (χ4v) is 5.94. The van der Waals surface area contributed by atoms with E-state index in [1.54, 1.807) is 30.3 Å². The largest absolute Gasteiger partial charge is 0.506 e. The molecule has 3 aromatic carbocycles. The molecule has 0 saturated heterocycles. The molecular weight excluding hydrogens is 569 g/mol. The van der Waals surface area contributed by atoms with Gasteiger partial charge in [0.05, 0.1) is 11.7 Å². The van der Waals surface area contributed by atoms with Gasteiger partial charge in [0.1, 0.15) is 40.5 Å². The van der Waals surface area contributed by atoms with Crippen molar-refractivity contribution in [1.82, 2.24) is 4.98 Å². The monoisotopic (exact) mass is 597 g/mol. The van der Waals surface area contributed by atoms with Crippen molar-refractivity contribution in [2.75, 3.05) is 10.2 Å². The molecule has 2 aliphatic rings. The van der Waals surface area contributed by atoms with E-state index in [4.69, 9.17) is 16.3 Å². The number of ether oxygens (including phenoxy) is 1. The second-order valence-corrected chi connectivity index (χ2v) is 11.9. The highest BCUT2D eigenvalue weighted by molar-refractivity contribution is 6.29. The zero-order valence-electron chi connectivity index (χ0n) is 23.6. The Morgan fingerprint density at radius 2 is 1.84 bits per heavy atom. The minimum atomic E-state index is -1.18. The molecule has 218 valence electrons. The van der Waals surface area contributed by atoms with Gasteiger partial charge < -0.3 is 15.2 Å². The van der Waals surface area contributed by atoms with Crippen molar-refractivity contribution in [3.8, 4) is 11.5 Å². The lowest BCUT2D eigenvalue weighted by Crippen LogP contribution is -2.40. The van der Waals surface area contributed by atoms with Gasteiger partial charge >= 0.3 is 0 Å². The molecule has 2 N–H and O–H groups in total. The molecule has 1 amide bonds. The number of allylic oxidation sites excluding steroid dienone is 1. The lowest BCUT2D eigenvalue weighted by Gasteiger charge is -2.37. The third-order valence-corrected chi connectivity index (χ3v) is 7.89. The van der Waals surface area contributed by atoms with E-state index in [9.17, 15) is 14.7 Å². The van der Waals surface area contributed by atoms with Crippen LogP contribution in [0.3, 0.4) is 0 Å². The molecule has 9 heteroatoms. The molecule has 1 aliphatic heterocycles. The summed E-state index contributed by atoms with van der Waals surface area (Å²) in [7, 11) is 0. The number of nitrogens with zero attached hydrogens (tertiary/aromatic N) is 2. The third kappa shape index (κ3) is 5.58. The number of phenols is 1. The summed E-state index contributed by atoms with van der Waals surface area (Å²) in [6.45, 7) is 4.19. The summed E-state index contributed by atoms with van der Waals surface area (Å²) in [5.74, 6) is -1.31. The highest BCUT2D eigenvalue weighted by Gasteiger charge is 2.45. The maximum atomic E-state index is 16.2. The van der Waals surface area contributed by atoms with Crippen molar-refractivity contribution in [2.45, 2.75) is 39.3 Å². The topological polar surface area (TPSA) is 91.8 Å². The number of Topliss-reactive ketones (excluding diaryl/α,β-unsaturated/α-hetero) is 1. The number of carbonyl (C=O) groups excluding carboxylic acids is 2. The van der Waals surface area contributed by atoms with Gasteiger partial charge in [-0.3, -0.25) is 14.5 Å². The van der Waals surface area contributed by atoms with E-state index in [0.717, 1.165) is 5.56 Å². The highest BCUT2D eigenvalue weighted by Crippen LogP contribution is 2.51. The van der Waals surface area contributed by atoms with Crippen LogP contribution in [0.2, 0.25) is 5.15 Å². The van der Waals surface area contributed by atoms with Gasteiger partial charge in [-0.05, 0) is 53.8 Å². The van der Waals surface area contributed by atoms with Crippen molar-refractivity contribution < 1.29 is 23.8 Å². The van der Waals surface area contributed by atoms with E-state index in [1.165, 1.54) is 29.2 Å². The number of fused-ring (bicyclic) bond motifs is 1. The van der Waals surface area contributed by atoms with Crippen LogP contribution in [0.1, 0.15) is 54.3 Å². The van der Waals surface area contributed by atoms with Crippen molar-refractivity contribution in [3.05, 3.63) is 124 Å². The van der Waals surface area contributed by atoms with Crippen LogP contribution in [0.25, 0.3) is 0 Å². The quantitative estimate of drug-likeness (QED) is 0.182. The molecule has 0 bridgehead atoms. The number of halogens is 2. The number of nitrogens with one attached hydrogen (secondary N) is 1. The molecule has 2 heterocycles. The molecule has 7 nitrogen and oxygen atoms in total. The molecule has 1 aliphatic carbocycles. The van der Waals surface area contributed by atoms with Crippen LogP contribution in [-0.4, -0.2) is 21.8 Å². The van der Waals surface area contributed by atoms with Gasteiger partial charge in [-0.1, -0.05) is 67.9 Å². The Labute approximate surface area is 253 Å². The van der Waals surface area contributed by atoms with Crippen LogP contribution in [0.5, 0.6) is 11.5 Å². The number of rotatable bonds is 5. The van der Waals surface area contributed by atoms with Gasteiger partial charge in [-0.25, -0.2) is 9.37 Å². The molecule has 4 aromatic rings. The summed E-state index contributed by atoms with van der Waals surface area (Å²) in [4.78, 5) is 33.8. The molecule has 43 heavy (non-hydrogen) atoms. The first-order valence-corrected chi connectivity index (χ1v) is 14.3. The first-order chi connectivity index (χ1) is 20.6. The Hall–Kier alpha value is -4.69. The molecule has 0 unspecified atom stereocenters. The van der Waals surface area contributed by atoms with Gasteiger partial charge in [0.2, 0.25) is 0 Å². The zero-order chi connectivity index (χ0) is 30.3. The number of hydrogen-bond donors (Lipinski definition) is 2. The molecular formula is C34H29ClFN3O4. The van der Waals surface area contributed by atoms with Crippen LogP contribution in [-0.2, 0) is 11.4 Å². The summed E-state index contributed by atoms with van der Waals surface area (Å²) >= 11 is 6.15. The molecule has 0 fully saturated rings. The van der Waals surface area contributed by atoms with Gasteiger partial charge in [-0.2, -0.15) is 0 Å². The number of ketones is 1. The number of para-hydroxylation sites is 1. The zero-order valence-corrected chi connectivity index (χ0v) is 24.4. The average Bonchev–Trinajstić information content (AvgIpc) is 3.11. The summed E-state index contributed by atoms with van der Waals surface area (Å²) in [5.41, 5.74) is 1.90. The standard InChI is InChI=1S/C34H29ClFN3O4/c1-34(2)17-25-30(28(41)18-34)32(22-15-14-21(16-23(22)36)43-19-20-8-4-3-5-9-20)39(26-11-7-12-27(40)31(26)38-25)33(42)24-10-6-13-29(35)37-24/h3-16,32,38,40H,17-19H2,1-2H3/t32-/m0/s1. The summed E-state index contributed by atoms with van der Waals surface area (Å²) in [5, 5.41) is 14.3. The summed E-state index contributed by atoms with van der Waals surface area (Å²) < 4.78 is 22.1. The molecule has 0 spiro atoms. The first kappa shape index (κ1) is 28.4. The lowest BCUT2D eigenvalue weighted by molar-refractivity contribution is -0.118. The van der Waals surface area contributed by atoms with Crippen LogP contribution in [0.15, 0.2) is 96.2 Å². The predicted molar refractivity (Wildman–Crippen MR) is 163 cm³/mol. The summed E-state index contributed by atoms with van der Waals surface area (Å²) in [6, 6.07) is 22.1. The van der Waals surface area contributed by atoms with E-state index >= 15 is 4.39 Å². The summed E-state index contributed by atoms with van der Waals surface area (Å²) in [6.07, 6.45) is 0.638. The second kappa shape index (κ2) is 11.2. The molecule has 1 atom stereocenters. The minimum Gasteiger partial charge on any atom is -0.506 e. The van der Waals surface area contributed by atoms with E-state index < -0.39 is 23.2 Å². The fraction of sp³-hybridized carbons (Fsp3) is 0.206. The van der Waals surface area contributed by atoms with Crippen molar-refractivity contribution in [2.24, 2.45) is 5.41 Å². The highest BCUT2D eigenvalue weighted by atomic mass is 35.5. The Bertz CT molecular complexity index is 1770. The molecule has 6 rings (SSSR count). The number of carbonyl (C=O) groups is 2. The number of aromatic nitrogens is 1. The second-order valence-electron chi connectivity index (χ2n) is 11.5. The van der Waals surface area contributed by atoms with Crippen molar-refractivity contribution >= 4 is 34.7 Å². The maximum Gasteiger partial charge on any atom is 0.277 e. The number of benzene rings is 3. The number of pyridine rings is 1. The Balaban J connectivity index is 1.53. The van der Waals surface area contributed by atoms with Crippen LogP contribution in [0, 0.1) is 11.2 Å². The molecule has 0 saturated carbocycles. The maximum absolute atomic E-state index is 16.2. The number of hydrogen-bond acceptors (Lipinski definition) is 6. The fourth-order valence-electron chi connectivity index (χ4n) is 5.77. The lowest BCUT2D eigenvalue weighted by atomic mass is 9.73. The van der Waals surface area contributed by atoms with Crippen LogP contribution < -0.4 is 15.0 Å². The van der Waals surface area contributed by atoms with Gasteiger partial charge in [0.15, 0.2) is 5.78 Å². The van der Waals surface area contributed by atoms with Gasteiger partial charge in [-0.15, -0.1) is 0 Å². The van der Waals surface area contributed by atoms with E-state index in [2.05, 4.69) is 10.3 Å². The van der Waals surface area contributed by atoms with E-state index in [1.807, 2.05) is 44.2 Å². The van der Waals surface area contributed by atoms with Crippen LogP contribution in [0.4, 0.5) is 15.8 Å². The van der Waals surface area contributed by atoms with Gasteiger partial charge in [0.25, 0.3) is 5.91 Å². The van der Waals surface area contributed by atoms with E-state index in [-0.39, 0.29) is 57.9 Å². The predicted octanol–water partition coefficient (Wildman–Crippen LogP) is 7.62. The Kier molecular flexibility index (Phi) is 7.40. The number of aromatic hydroxyl groups is 1. The Morgan fingerprint density at radius 1 is 1.07 bits per heavy atom. The Morgan fingerprint density at radius 3 is 2.58 bits per heavy atom. The minimum absolute atomic E-state index is 0.00246. The van der Waals surface area contributed by atoms with E-state index in [0.29, 0.717) is 17.9 Å². The SMILES string of the molecule is CC1(C)CC(=O)C2=C(C1)Nc1c(O)cccc1N(C(=O)c1cccc(Cl)n1)[C@H]2c1ccc(OCc2ccccc2)cc1F. The number of amides is 1. The smallest absolute Gasteiger partial charge is 0.277 e. The average molecular weight is 598 g/mol. The first-order valence-electron chi connectivity index (χ1n) is 13.9. The number of anilines is 2. The number of phenolic OH excluding ortho intramolecular Hbond substituents is 1. The van der Waals surface area contributed by atoms with Crippen LogP contribution >= 0.6 is 11.6 Å². The van der Waals surface area contributed by atoms with Gasteiger partial charge in [0, 0.05) is 29.3 Å². The third-order valence-electron chi connectivity index (χ3n) is 7.68.